The van der Waals surface area contributed by atoms with Crippen molar-refractivity contribution in [3.63, 3.8) is 0 Å². The molecular formula is C27H44O4Si. The number of hydrogen-bond donors (Lipinski definition) is 1. The van der Waals surface area contributed by atoms with Gasteiger partial charge >= 0.3 is 0 Å². The predicted molar refractivity (Wildman–Crippen MR) is 130 cm³/mol. The zero-order chi connectivity index (χ0) is 23.9. The van der Waals surface area contributed by atoms with Crippen LogP contribution in [0.3, 0.4) is 0 Å². The Kier molecular flexibility index (Phi) is 5.79. The summed E-state index contributed by atoms with van der Waals surface area (Å²) >= 11 is 0. The van der Waals surface area contributed by atoms with Gasteiger partial charge in [-0.25, -0.2) is 0 Å². The van der Waals surface area contributed by atoms with Crippen molar-refractivity contribution < 1.29 is 19.1 Å². The van der Waals surface area contributed by atoms with Gasteiger partial charge in [-0.3, -0.25) is 9.59 Å². The van der Waals surface area contributed by atoms with E-state index in [-0.39, 0.29) is 40.0 Å². The van der Waals surface area contributed by atoms with Gasteiger partial charge in [-0.15, -0.1) is 0 Å². The van der Waals surface area contributed by atoms with E-state index in [9.17, 15) is 14.7 Å². The van der Waals surface area contributed by atoms with Crippen molar-refractivity contribution in [3.8, 4) is 0 Å². The topological polar surface area (TPSA) is 63.6 Å². The molecule has 0 aromatic heterocycles. The highest BCUT2D eigenvalue weighted by Crippen LogP contribution is 2.67. The first-order valence-corrected chi connectivity index (χ1v) is 15.6. The fraction of sp³-hybridized carbons (Fsp3) is 0.852. The molecule has 4 aliphatic rings. The van der Waals surface area contributed by atoms with Crippen LogP contribution >= 0.6 is 0 Å². The second-order valence-corrected chi connectivity index (χ2v) is 18.1. The highest BCUT2D eigenvalue weighted by molar-refractivity contribution is 6.74. The summed E-state index contributed by atoms with van der Waals surface area (Å²) in [6.45, 7) is 17.6. The standard InChI is InChI=1S/C27H44O4Si/c1-16(28)20-14-22(31-32(7,8)25(2,3)4)24-19-10-9-17-13-18(29)11-12-26(17,5)21(19)15-23(30)27(20,24)6/h13,19-24,30H,9-12,14-15H2,1-8H3/t19-,20-,21+,22+,23-,24-,26+,27+/m1/s1. The molecule has 0 aromatic rings. The molecule has 0 amide bonds. The minimum Gasteiger partial charge on any atom is -0.414 e. The second kappa shape index (κ2) is 7.61. The Bertz CT molecular complexity index is 839. The number of carbonyl (C=O) groups is 2. The lowest BCUT2D eigenvalue weighted by Gasteiger charge is -2.60. The summed E-state index contributed by atoms with van der Waals surface area (Å²) in [6.07, 6.45) is 6.40. The molecular weight excluding hydrogens is 416 g/mol. The first-order valence-electron chi connectivity index (χ1n) is 12.7. The van der Waals surface area contributed by atoms with Gasteiger partial charge in [-0.1, -0.05) is 40.2 Å². The highest BCUT2D eigenvalue weighted by atomic mass is 28.4. The Labute approximate surface area is 195 Å². The molecule has 8 atom stereocenters. The lowest BCUT2D eigenvalue weighted by Crippen LogP contribution is -2.59. The average molecular weight is 461 g/mol. The molecule has 4 aliphatic carbocycles. The molecule has 0 aliphatic heterocycles. The fourth-order valence-electron chi connectivity index (χ4n) is 7.85. The van der Waals surface area contributed by atoms with Crippen LogP contribution in [0.1, 0.15) is 80.1 Å². The van der Waals surface area contributed by atoms with Gasteiger partial charge in [-0.2, -0.15) is 0 Å². The summed E-state index contributed by atoms with van der Waals surface area (Å²) in [5.41, 5.74) is 0.852. The van der Waals surface area contributed by atoms with Crippen molar-refractivity contribution in [2.45, 2.75) is 110 Å². The molecule has 5 heteroatoms. The van der Waals surface area contributed by atoms with E-state index in [1.807, 2.05) is 6.08 Å². The van der Waals surface area contributed by atoms with Gasteiger partial charge in [0, 0.05) is 23.9 Å². The molecule has 32 heavy (non-hydrogen) atoms. The van der Waals surface area contributed by atoms with E-state index in [0.29, 0.717) is 18.3 Å². The van der Waals surface area contributed by atoms with Crippen molar-refractivity contribution in [2.75, 3.05) is 0 Å². The van der Waals surface area contributed by atoms with Crippen LogP contribution in [0.2, 0.25) is 18.1 Å². The van der Waals surface area contributed by atoms with Gasteiger partial charge in [0.1, 0.15) is 5.78 Å². The molecule has 0 radical (unpaired) electrons. The van der Waals surface area contributed by atoms with Crippen LogP contribution < -0.4 is 0 Å². The molecule has 4 nitrogen and oxygen atoms in total. The largest absolute Gasteiger partial charge is 0.414 e. The van der Waals surface area contributed by atoms with Gasteiger partial charge in [0.15, 0.2) is 14.1 Å². The minimum atomic E-state index is -2.03. The van der Waals surface area contributed by atoms with E-state index < -0.39 is 19.8 Å². The SMILES string of the molecule is CC(=O)[C@H]1C[C@H](O[Si](C)(C)C(C)(C)C)[C@H]2[C@@H]3CCC4=CC(=O)CC[C@]4(C)[C@H]3C[C@@H](O)[C@@]21C. The van der Waals surface area contributed by atoms with E-state index >= 15 is 0 Å². The molecule has 0 heterocycles. The summed E-state index contributed by atoms with van der Waals surface area (Å²) < 4.78 is 7.07. The minimum absolute atomic E-state index is 0.0189. The molecule has 0 unspecified atom stereocenters. The smallest absolute Gasteiger partial charge is 0.192 e. The lowest BCUT2D eigenvalue weighted by molar-refractivity contribution is -0.156. The van der Waals surface area contributed by atoms with Gasteiger partial charge < -0.3 is 9.53 Å². The number of Topliss-reactive ketones (excluding diaryl/α,β-unsaturated/α-hetero) is 1. The van der Waals surface area contributed by atoms with Crippen molar-refractivity contribution in [1.29, 1.82) is 0 Å². The molecule has 0 bridgehead atoms. The summed E-state index contributed by atoms with van der Waals surface area (Å²) in [7, 11) is -2.03. The third-order valence-electron chi connectivity index (χ3n) is 10.8. The zero-order valence-corrected chi connectivity index (χ0v) is 22.5. The van der Waals surface area contributed by atoms with E-state index in [4.69, 9.17) is 4.43 Å². The first kappa shape index (κ1) is 24.3. The van der Waals surface area contributed by atoms with Gasteiger partial charge in [-0.05, 0) is 86.4 Å². The number of aliphatic hydroxyl groups is 1. The Morgan fingerprint density at radius 2 is 1.84 bits per heavy atom. The maximum absolute atomic E-state index is 12.8. The molecule has 3 saturated carbocycles. The van der Waals surface area contributed by atoms with Crippen molar-refractivity contribution in [3.05, 3.63) is 11.6 Å². The summed E-state index contributed by atoms with van der Waals surface area (Å²) in [6, 6.07) is 0. The number of fused-ring (bicyclic) bond motifs is 5. The van der Waals surface area contributed by atoms with E-state index in [2.05, 4.69) is 47.7 Å². The van der Waals surface area contributed by atoms with Crippen LogP contribution in [-0.2, 0) is 14.0 Å². The Morgan fingerprint density at radius 3 is 2.44 bits per heavy atom. The van der Waals surface area contributed by atoms with Crippen LogP contribution in [0, 0.1) is 34.5 Å². The molecule has 0 aromatic carbocycles. The number of rotatable bonds is 3. The predicted octanol–water partition coefficient (Wildman–Crippen LogP) is 5.69. The lowest BCUT2D eigenvalue weighted by atomic mass is 9.45. The van der Waals surface area contributed by atoms with E-state index in [1.165, 1.54) is 5.57 Å². The Hall–Kier alpha value is -0.783. The second-order valence-electron chi connectivity index (χ2n) is 13.3. The number of hydrogen-bond acceptors (Lipinski definition) is 4. The van der Waals surface area contributed by atoms with Crippen LogP contribution in [0.15, 0.2) is 11.6 Å². The van der Waals surface area contributed by atoms with Crippen LogP contribution in [0.25, 0.3) is 0 Å². The van der Waals surface area contributed by atoms with Crippen molar-refractivity contribution in [2.24, 2.45) is 34.5 Å². The first-order chi connectivity index (χ1) is 14.6. The summed E-state index contributed by atoms with van der Waals surface area (Å²) in [5, 5.41) is 11.7. The zero-order valence-electron chi connectivity index (χ0n) is 21.5. The normalized spacial score (nSPS) is 44.4. The summed E-state index contributed by atoms with van der Waals surface area (Å²) in [4.78, 5) is 25.0. The maximum Gasteiger partial charge on any atom is 0.192 e. The van der Waals surface area contributed by atoms with Crippen molar-refractivity contribution in [1.82, 2.24) is 0 Å². The number of ketones is 2. The van der Waals surface area contributed by atoms with Crippen LogP contribution in [0.5, 0.6) is 0 Å². The third-order valence-corrected chi connectivity index (χ3v) is 15.3. The van der Waals surface area contributed by atoms with Crippen LogP contribution in [0.4, 0.5) is 0 Å². The quantitative estimate of drug-likeness (QED) is 0.549. The van der Waals surface area contributed by atoms with E-state index in [1.54, 1.807) is 6.92 Å². The molecule has 1 N–H and O–H groups in total. The third kappa shape index (κ3) is 3.44. The molecule has 0 spiro atoms. The van der Waals surface area contributed by atoms with E-state index in [0.717, 1.165) is 32.1 Å². The monoisotopic (exact) mass is 460 g/mol. The number of carbonyl (C=O) groups excluding carboxylic acids is 2. The maximum atomic E-state index is 12.8. The molecule has 180 valence electrons. The molecule has 4 rings (SSSR count). The van der Waals surface area contributed by atoms with Gasteiger partial charge in [0.2, 0.25) is 0 Å². The van der Waals surface area contributed by atoms with Gasteiger partial charge in [0.25, 0.3) is 0 Å². The van der Waals surface area contributed by atoms with Crippen LogP contribution in [-0.4, -0.2) is 37.2 Å². The molecule has 0 saturated heterocycles. The Morgan fingerprint density at radius 1 is 1.19 bits per heavy atom. The molecule has 3 fully saturated rings. The average Bonchev–Trinajstić information content (AvgIpc) is 2.96. The number of allylic oxidation sites excluding steroid dienone is 1. The fourth-order valence-corrected chi connectivity index (χ4v) is 9.20. The Balaban J connectivity index is 1.76. The number of aliphatic hydroxyl groups excluding tert-OH is 1. The van der Waals surface area contributed by atoms with Gasteiger partial charge in [0.05, 0.1) is 6.10 Å². The highest BCUT2D eigenvalue weighted by Gasteiger charge is 2.67. The van der Waals surface area contributed by atoms with Crippen molar-refractivity contribution >= 4 is 19.9 Å². The summed E-state index contributed by atoms with van der Waals surface area (Å²) in [5.74, 6) is 1.28.